The van der Waals surface area contributed by atoms with Gasteiger partial charge in [0.15, 0.2) is 0 Å². The summed E-state index contributed by atoms with van der Waals surface area (Å²) in [6, 6.07) is 29.7. The van der Waals surface area contributed by atoms with E-state index >= 15 is 0 Å². The predicted molar refractivity (Wildman–Crippen MR) is 115 cm³/mol. The van der Waals surface area contributed by atoms with Gasteiger partial charge in [-0.05, 0) is 53.4 Å². The highest BCUT2D eigenvalue weighted by Gasteiger charge is 2.12. The molecular formula is C25H27NO. The van der Waals surface area contributed by atoms with Crippen molar-refractivity contribution in [2.45, 2.75) is 13.3 Å². The van der Waals surface area contributed by atoms with Crippen molar-refractivity contribution in [2.24, 2.45) is 0 Å². The van der Waals surface area contributed by atoms with Crippen molar-refractivity contribution in [1.29, 1.82) is 0 Å². The van der Waals surface area contributed by atoms with E-state index in [1.807, 2.05) is 7.05 Å². The summed E-state index contributed by atoms with van der Waals surface area (Å²) in [6.07, 6.45) is 0.967. The van der Waals surface area contributed by atoms with Gasteiger partial charge in [0.1, 0.15) is 12.4 Å². The minimum atomic E-state index is 0.668. The minimum Gasteiger partial charge on any atom is -0.492 e. The van der Waals surface area contributed by atoms with E-state index in [9.17, 15) is 0 Å². The Hall–Kier alpha value is -2.84. The molecule has 0 spiro atoms. The molecule has 0 aliphatic heterocycles. The first-order valence-electron chi connectivity index (χ1n) is 9.55. The van der Waals surface area contributed by atoms with Gasteiger partial charge in [-0.15, -0.1) is 0 Å². The molecule has 2 heteroatoms. The van der Waals surface area contributed by atoms with E-state index in [2.05, 4.69) is 97.2 Å². The van der Waals surface area contributed by atoms with Gasteiger partial charge in [-0.3, -0.25) is 0 Å². The molecule has 0 saturated heterocycles. The molecule has 3 rings (SSSR count). The molecule has 0 bridgehead atoms. The van der Waals surface area contributed by atoms with Crippen LogP contribution in [0.3, 0.4) is 0 Å². The summed E-state index contributed by atoms with van der Waals surface area (Å²) < 4.78 is 5.78. The third kappa shape index (κ3) is 4.87. The highest BCUT2D eigenvalue weighted by atomic mass is 16.5. The Balaban J connectivity index is 2.04. The molecule has 0 aromatic heterocycles. The molecule has 0 amide bonds. The molecule has 2 nitrogen and oxygen atoms in total. The fraction of sp³-hybridized carbons (Fsp3) is 0.200. The number of nitrogens with one attached hydrogen (secondary N) is 1. The van der Waals surface area contributed by atoms with E-state index in [1.54, 1.807) is 0 Å². The van der Waals surface area contributed by atoms with E-state index in [-0.39, 0.29) is 0 Å². The molecule has 0 saturated carbocycles. The van der Waals surface area contributed by atoms with E-state index < -0.39 is 0 Å². The second-order valence-electron chi connectivity index (χ2n) is 6.42. The third-order valence-electron chi connectivity index (χ3n) is 4.60. The Morgan fingerprint density at radius 3 is 1.85 bits per heavy atom. The predicted octanol–water partition coefficient (Wildman–Crippen LogP) is 5.65. The molecule has 0 fully saturated rings. The normalized spacial score (nSPS) is 11.8. The Morgan fingerprint density at radius 1 is 0.741 bits per heavy atom. The zero-order valence-corrected chi connectivity index (χ0v) is 16.1. The molecule has 3 aromatic carbocycles. The van der Waals surface area contributed by atoms with E-state index in [4.69, 9.17) is 4.74 Å². The summed E-state index contributed by atoms with van der Waals surface area (Å²) in [4.78, 5) is 0. The monoisotopic (exact) mass is 357 g/mol. The second kappa shape index (κ2) is 9.75. The van der Waals surface area contributed by atoms with Crippen LogP contribution in [0, 0.1) is 0 Å². The average Bonchev–Trinajstić information content (AvgIpc) is 2.74. The standard InChI is InChI=1S/C25H27NO/c1-3-24(20-10-6-4-7-11-20)25(21-12-8-5-9-13-21)22-14-16-23(17-15-22)27-19-18-26-2/h4-17,26H,3,18-19H2,1-2H3/b25-24+. The lowest BCUT2D eigenvalue weighted by atomic mass is 9.88. The van der Waals surface area contributed by atoms with Gasteiger partial charge in [0.25, 0.3) is 0 Å². The lowest BCUT2D eigenvalue weighted by Crippen LogP contribution is -2.15. The second-order valence-corrected chi connectivity index (χ2v) is 6.42. The van der Waals surface area contributed by atoms with E-state index in [0.29, 0.717) is 6.61 Å². The van der Waals surface area contributed by atoms with Crippen molar-refractivity contribution in [3.8, 4) is 5.75 Å². The Labute approximate surface area is 162 Å². The summed E-state index contributed by atoms with van der Waals surface area (Å²) in [5.74, 6) is 0.902. The molecular weight excluding hydrogens is 330 g/mol. The van der Waals surface area contributed by atoms with Gasteiger partial charge in [0.2, 0.25) is 0 Å². The van der Waals surface area contributed by atoms with Gasteiger partial charge in [-0.25, -0.2) is 0 Å². The number of ether oxygens (including phenoxy) is 1. The first kappa shape index (κ1) is 18.9. The van der Waals surface area contributed by atoms with E-state index in [0.717, 1.165) is 18.7 Å². The maximum Gasteiger partial charge on any atom is 0.119 e. The molecule has 0 aliphatic rings. The van der Waals surface area contributed by atoms with Crippen LogP contribution >= 0.6 is 0 Å². The smallest absolute Gasteiger partial charge is 0.119 e. The van der Waals surface area contributed by atoms with Crippen LogP contribution in [0.2, 0.25) is 0 Å². The quantitative estimate of drug-likeness (QED) is 0.415. The highest BCUT2D eigenvalue weighted by molar-refractivity contribution is 5.98. The lowest BCUT2D eigenvalue weighted by molar-refractivity contribution is 0.318. The zero-order valence-electron chi connectivity index (χ0n) is 16.1. The number of allylic oxidation sites excluding steroid dienone is 1. The van der Waals surface area contributed by atoms with Gasteiger partial charge in [0, 0.05) is 6.54 Å². The highest BCUT2D eigenvalue weighted by Crippen LogP contribution is 2.34. The minimum absolute atomic E-state index is 0.668. The van der Waals surface area contributed by atoms with Gasteiger partial charge < -0.3 is 10.1 Å². The molecule has 0 radical (unpaired) electrons. The molecule has 0 heterocycles. The van der Waals surface area contributed by atoms with Crippen molar-refractivity contribution in [3.63, 3.8) is 0 Å². The Morgan fingerprint density at radius 2 is 1.30 bits per heavy atom. The maximum atomic E-state index is 5.78. The summed E-state index contributed by atoms with van der Waals surface area (Å²) in [5.41, 5.74) is 6.36. The fourth-order valence-electron chi connectivity index (χ4n) is 3.27. The van der Waals surface area contributed by atoms with Crippen LogP contribution in [0.5, 0.6) is 5.75 Å². The number of rotatable bonds is 8. The summed E-state index contributed by atoms with van der Waals surface area (Å²) in [5, 5.41) is 3.10. The fourth-order valence-corrected chi connectivity index (χ4v) is 3.27. The average molecular weight is 357 g/mol. The number of hydrogen-bond acceptors (Lipinski definition) is 2. The Kier molecular flexibility index (Phi) is 6.84. The molecule has 1 N–H and O–H groups in total. The molecule has 27 heavy (non-hydrogen) atoms. The third-order valence-corrected chi connectivity index (χ3v) is 4.60. The van der Waals surface area contributed by atoms with Crippen LogP contribution < -0.4 is 10.1 Å². The summed E-state index contributed by atoms with van der Waals surface area (Å²) >= 11 is 0. The molecule has 0 aliphatic carbocycles. The molecule has 0 atom stereocenters. The van der Waals surface area contributed by atoms with Crippen molar-refractivity contribution in [2.75, 3.05) is 20.2 Å². The topological polar surface area (TPSA) is 21.3 Å². The Bertz CT molecular complexity index is 852. The molecule has 138 valence electrons. The molecule has 3 aromatic rings. The number of likely N-dealkylation sites (N-methyl/N-ethyl adjacent to an activating group) is 1. The largest absolute Gasteiger partial charge is 0.492 e. The number of hydrogen-bond donors (Lipinski definition) is 1. The molecule has 0 unspecified atom stereocenters. The van der Waals surface area contributed by atoms with Crippen LogP contribution in [-0.2, 0) is 0 Å². The number of benzene rings is 3. The van der Waals surface area contributed by atoms with Crippen molar-refractivity contribution in [1.82, 2.24) is 5.32 Å². The van der Waals surface area contributed by atoms with Crippen LogP contribution in [0.1, 0.15) is 30.0 Å². The van der Waals surface area contributed by atoms with Crippen molar-refractivity contribution < 1.29 is 4.74 Å². The van der Waals surface area contributed by atoms with Gasteiger partial charge in [-0.2, -0.15) is 0 Å². The summed E-state index contributed by atoms with van der Waals surface area (Å²) in [6.45, 7) is 3.73. The first-order chi connectivity index (χ1) is 13.3. The first-order valence-corrected chi connectivity index (χ1v) is 9.55. The van der Waals surface area contributed by atoms with Crippen molar-refractivity contribution in [3.05, 3.63) is 102 Å². The van der Waals surface area contributed by atoms with Crippen LogP contribution in [0.4, 0.5) is 0 Å². The van der Waals surface area contributed by atoms with Crippen molar-refractivity contribution >= 4 is 11.1 Å². The van der Waals surface area contributed by atoms with Crippen LogP contribution in [0.25, 0.3) is 11.1 Å². The maximum absolute atomic E-state index is 5.78. The van der Waals surface area contributed by atoms with Gasteiger partial charge in [0.05, 0.1) is 0 Å². The zero-order chi connectivity index (χ0) is 18.9. The van der Waals surface area contributed by atoms with E-state index in [1.165, 1.54) is 27.8 Å². The summed E-state index contributed by atoms with van der Waals surface area (Å²) in [7, 11) is 1.93. The van der Waals surface area contributed by atoms with Gasteiger partial charge in [-0.1, -0.05) is 79.7 Å². The van der Waals surface area contributed by atoms with Crippen LogP contribution in [0.15, 0.2) is 84.9 Å². The SMILES string of the molecule is CC/C(=C(/c1ccccc1)c1ccc(OCCNC)cc1)c1ccccc1. The van der Waals surface area contributed by atoms with Crippen LogP contribution in [-0.4, -0.2) is 20.2 Å². The van der Waals surface area contributed by atoms with Gasteiger partial charge >= 0.3 is 0 Å². The lowest BCUT2D eigenvalue weighted by Gasteiger charge is -2.17.